The molecule has 0 fully saturated rings. The van der Waals surface area contributed by atoms with Crippen LogP contribution in [-0.4, -0.2) is 22.3 Å². The number of aliphatic carboxylic acids is 1. The van der Waals surface area contributed by atoms with Crippen LogP contribution in [0.4, 0.5) is 14.9 Å². The van der Waals surface area contributed by atoms with Crippen molar-refractivity contribution in [2.45, 2.75) is 26.4 Å². The van der Waals surface area contributed by atoms with Crippen molar-refractivity contribution in [2.75, 3.05) is 5.32 Å². The molecule has 1 atom stereocenters. The predicted molar refractivity (Wildman–Crippen MR) is 129 cm³/mol. The van der Waals surface area contributed by atoms with Gasteiger partial charge in [-0.15, -0.1) is 0 Å². The van der Waals surface area contributed by atoms with Gasteiger partial charge in [0, 0.05) is 11.1 Å². The van der Waals surface area contributed by atoms with E-state index in [0.29, 0.717) is 39.8 Å². The zero-order valence-electron chi connectivity index (χ0n) is 19.5. The van der Waals surface area contributed by atoms with Crippen molar-refractivity contribution in [3.8, 4) is 22.8 Å². The van der Waals surface area contributed by atoms with Crippen LogP contribution < -0.4 is 10.1 Å². The fourth-order valence-corrected chi connectivity index (χ4v) is 3.59. The zero-order valence-corrected chi connectivity index (χ0v) is 19.5. The molecule has 9 heteroatoms. The van der Waals surface area contributed by atoms with E-state index in [0.717, 1.165) is 0 Å². The molecule has 0 saturated heterocycles. The van der Waals surface area contributed by atoms with Crippen molar-refractivity contribution in [2.24, 2.45) is 0 Å². The molecule has 0 radical (unpaired) electrons. The topological polar surface area (TPSA) is 111 Å². The average Bonchev–Trinajstić information content (AvgIpc) is 3.19. The van der Waals surface area contributed by atoms with Gasteiger partial charge in [0.1, 0.15) is 34.8 Å². The van der Waals surface area contributed by atoms with Gasteiger partial charge in [-0.3, -0.25) is 10.1 Å². The zero-order chi connectivity index (χ0) is 25.7. The summed E-state index contributed by atoms with van der Waals surface area (Å²) in [6.07, 6.45) is -1.68. The Balaban J connectivity index is 1.45. The van der Waals surface area contributed by atoms with E-state index in [1.54, 1.807) is 80.6 Å². The molecule has 3 aromatic carbocycles. The summed E-state index contributed by atoms with van der Waals surface area (Å²) in [5, 5.41) is 15.6. The van der Waals surface area contributed by atoms with Gasteiger partial charge in [-0.2, -0.15) is 0 Å². The van der Waals surface area contributed by atoms with E-state index >= 15 is 0 Å². The molecule has 1 heterocycles. The predicted octanol–water partition coefficient (Wildman–Crippen LogP) is 6.52. The lowest BCUT2D eigenvalue weighted by Gasteiger charge is -2.15. The second-order valence-corrected chi connectivity index (χ2v) is 8.00. The van der Waals surface area contributed by atoms with Gasteiger partial charge in [0.15, 0.2) is 5.76 Å². The standard InChI is InChI=1S/C27H23FN2O6/c1-16(22-8-3-4-9-23(22)28)34-27(33)29-25-17(2)36-30-26(25)19-10-12-20(13-11-19)35-21-7-5-6-18(14-21)15-24(31)32/h3-14,16H,15H2,1-2H3,(H,29,33)(H,31,32). The highest BCUT2D eigenvalue weighted by Crippen LogP contribution is 2.33. The lowest BCUT2D eigenvalue weighted by Crippen LogP contribution is -2.17. The number of nitrogens with one attached hydrogen (secondary N) is 1. The number of rotatable bonds is 8. The molecule has 0 saturated carbocycles. The number of aryl methyl sites for hydroxylation is 1. The number of anilines is 1. The quantitative estimate of drug-likeness (QED) is 0.289. The molecule has 184 valence electrons. The van der Waals surface area contributed by atoms with Crippen molar-refractivity contribution < 1.29 is 33.1 Å². The molecule has 1 amide bonds. The van der Waals surface area contributed by atoms with Crippen LogP contribution in [0.1, 0.15) is 29.9 Å². The van der Waals surface area contributed by atoms with Gasteiger partial charge in [-0.05, 0) is 61.9 Å². The van der Waals surface area contributed by atoms with Crippen LogP contribution in [0.2, 0.25) is 0 Å². The number of hydrogen-bond donors (Lipinski definition) is 2. The van der Waals surface area contributed by atoms with Crippen LogP contribution in [-0.2, 0) is 16.0 Å². The maximum Gasteiger partial charge on any atom is 0.412 e. The van der Waals surface area contributed by atoms with E-state index in [-0.39, 0.29) is 12.0 Å². The highest BCUT2D eigenvalue weighted by atomic mass is 19.1. The summed E-state index contributed by atoms with van der Waals surface area (Å²) < 4.78 is 30.4. The Morgan fingerprint density at radius 1 is 1.06 bits per heavy atom. The first-order valence-electron chi connectivity index (χ1n) is 11.1. The largest absolute Gasteiger partial charge is 0.481 e. The number of nitrogens with zero attached hydrogens (tertiary/aromatic N) is 1. The third-order valence-electron chi connectivity index (χ3n) is 5.33. The molecule has 0 aliphatic heterocycles. The third kappa shape index (κ3) is 5.87. The van der Waals surface area contributed by atoms with Crippen molar-refractivity contribution in [3.05, 3.63) is 95.5 Å². The maximum absolute atomic E-state index is 14.0. The highest BCUT2D eigenvalue weighted by Gasteiger charge is 2.21. The van der Waals surface area contributed by atoms with E-state index in [4.69, 9.17) is 19.1 Å². The van der Waals surface area contributed by atoms with E-state index in [2.05, 4.69) is 10.5 Å². The van der Waals surface area contributed by atoms with Crippen LogP contribution in [0.25, 0.3) is 11.3 Å². The number of benzene rings is 3. The number of hydrogen-bond acceptors (Lipinski definition) is 6. The van der Waals surface area contributed by atoms with Crippen LogP contribution in [0, 0.1) is 12.7 Å². The number of carbonyl (C=O) groups excluding carboxylic acids is 1. The summed E-state index contributed by atoms with van der Waals surface area (Å²) in [7, 11) is 0. The molecule has 0 aliphatic carbocycles. The summed E-state index contributed by atoms with van der Waals surface area (Å²) in [4.78, 5) is 23.4. The first kappa shape index (κ1) is 24.5. The lowest BCUT2D eigenvalue weighted by molar-refractivity contribution is -0.136. The molecule has 0 spiro atoms. The van der Waals surface area contributed by atoms with Crippen molar-refractivity contribution in [1.82, 2.24) is 5.16 Å². The van der Waals surface area contributed by atoms with E-state index in [1.807, 2.05) is 0 Å². The van der Waals surface area contributed by atoms with E-state index < -0.39 is 24.0 Å². The summed E-state index contributed by atoms with van der Waals surface area (Å²) in [5.41, 5.74) is 2.26. The monoisotopic (exact) mass is 490 g/mol. The van der Waals surface area contributed by atoms with Gasteiger partial charge in [0.2, 0.25) is 0 Å². The first-order chi connectivity index (χ1) is 17.3. The second-order valence-electron chi connectivity index (χ2n) is 8.00. The van der Waals surface area contributed by atoms with Gasteiger partial charge >= 0.3 is 12.1 Å². The fourth-order valence-electron chi connectivity index (χ4n) is 3.59. The van der Waals surface area contributed by atoms with Gasteiger partial charge in [-0.1, -0.05) is 35.5 Å². The molecule has 1 unspecified atom stereocenters. The maximum atomic E-state index is 14.0. The number of ether oxygens (including phenoxy) is 2. The van der Waals surface area contributed by atoms with Gasteiger partial charge in [0.05, 0.1) is 6.42 Å². The Labute approximate surface area is 206 Å². The van der Waals surface area contributed by atoms with Gasteiger partial charge < -0.3 is 19.1 Å². The molecule has 4 aromatic rings. The van der Waals surface area contributed by atoms with E-state index in [1.165, 1.54) is 6.07 Å². The SMILES string of the molecule is Cc1onc(-c2ccc(Oc3cccc(CC(=O)O)c3)cc2)c1NC(=O)OC(C)c1ccccc1F. The number of carbonyl (C=O) groups is 2. The Bertz CT molecular complexity index is 1380. The fraction of sp³-hybridized carbons (Fsp3) is 0.148. The number of amides is 1. The van der Waals surface area contributed by atoms with Crippen molar-refractivity contribution in [3.63, 3.8) is 0 Å². The molecule has 0 aliphatic rings. The van der Waals surface area contributed by atoms with Crippen LogP contribution in [0.5, 0.6) is 11.5 Å². The third-order valence-corrected chi connectivity index (χ3v) is 5.33. The number of carboxylic acid groups (broad SMARTS) is 1. The minimum Gasteiger partial charge on any atom is -0.481 e. The Morgan fingerprint density at radius 2 is 1.81 bits per heavy atom. The van der Waals surface area contributed by atoms with Crippen molar-refractivity contribution in [1.29, 1.82) is 0 Å². The van der Waals surface area contributed by atoms with E-state index in [9.17, 15) is 14.0 Å². The first-order valence-corrected chi connectivity index (χ1v) is 11.1. The average molecular weight is 490 g/mol. The smallest absolute Gasteiger partial charge is 0.412 e. The van der Waals surface area contributed by atoms with Gasteiger partial charge in [0.25, 0.3) is 0 Å². The summed E-state index contributed by atoms with van der Waals surface area (Å²) in [6.45, 7) is 3.23. The summed E-state index contributed by atoms with van der Waals surface area (Å²) in [5.74, 6) is 0.0213. The van der Waals surface area contributed by atoms with Crippen LogP contribution in [0.15, 0.2) is 77.3 Å². The molecule has 1 aromatic heterocycles. The molecule has 4 rings (SSSR count). The summed E-state index contributed by atoms with van der Waals surface area (Å²) in [6, 6.07) is 19.8. The molecule has 0 bridgehead atoms. The number of halogens is 1. The Morgan fingerprint density at radius 3 is 2.53 bits per heavy atom. The molecular formula is C27H23FN2O6. The Kier molecular flexibility index (Phi) is 7.29. The molecule has 2 N–H and O–H groups in total. The lowest BCUT2D eigenvalue weighted by atomic mass is 10.1. The van der Waals surface area contributed by atoms with Gasteiger partial charge in [-0.25, -0.2) is 9.18 Å². The van der Waals surface area contributed by atoms with Crippen LogP contribution >= 0.6 is 0 Å². The Hall–Kier alpha value is -4.66. The second kappa shape index (κ2) is 10.7. The number of aromatic nitrogens is 1. The highest BCUT2D eigenvalue weighted by molar-refractivity contribution is 5.91. The molecule has 8 nitrogen and oxygen atoms in total. The summed E-state index contributed by atoms with van der Waals surface area (Å²) >= 11 is 0. The normalized spacial score (nSPS) is 11.5. The minimum atomic E-state index is -0.922. The number of carboxylic acids is 1. The van der Waals surface area contributed by atoms with Crippen LogP contribution in [0.3, 0.4) is 0 Å². The minimum absolute atomic E-state index is 0.0983. The van der Waals surface area contributed by atoms with Crippen molar-refractivity contribution >= 4 is 17.7 Å². The molecular weight excluding hydrogens is 467 g/mol. The molecule has 36 heavy (non-hydrogen) atoms.